The first-order valence-corrected chi connectivity index (χ1v) is 6.57. The summed E-state index contributed by atoms with van der Waals surface area (Å²) in [5, 5.41) is 4.00. The highest BCUT2D eigenvalue weighted by Crippen LogP contribution is 2.20. The minimum absolute atomic E-state index is 0.0256. The lowest BCUT2D eigenvalue weighted by atomic mass is 9.97. The van der Waals surface area contributed by atoms with Crippen LogP contribution in [0.1, 0.15) is 30.3 Å². The summed E-state index contributed by atoms with van der Waals surface area (Å²) in [6, 6.07) is 1.71. The van der Waals surface area contributed by atoms with Crippen molar-refractivity contribution in [2.75, 3.05) is 19.7 Å². The second kappa shape index (κ2) is 5.86. The Labute approximate surface area is 112 Å². The highest BCUT2D eigenvalue weighted by molar-refractivity contribution is 5.92. The van der Waals surface area contributed by atoms with Crippen molar-refractivity contribution in [3.05, 3.63) is 18.0 Å². The largest absolute Gasteiger partial charge is 0.466 e. The quantitative estimate of drug-likeness (QED) is 0.760. The number of amides is 1. The molecule has 0 N–H and O–H groups in total. The summed E-state index contributed by atoms with van der Waals surface area (Å²) in [6.45, 7) is 3.40. The molecule has 2 heterocycles. The van der Waals surface area contributed by atoms with E-state index < -0.39 is 0 Å². The zero-order chi connectivity index (χ0) is 13.8. The molecule has 0 unspecified atom stereocenters. The van der Waals surface area contributed by atoms with E-state index in [0.29, 0.717) is 38.2 Å². The van der Waals surface area contributed by atoms with Gasteiger partial charge in [-0.25, -0.2) is 0 Å². The lowest BCUT2D eigenvalue weighted by molar-refractivity contribution is -0.149. The maximum absolute atomic E-state index is 12.2. The van der Waals surface area contributed by atoms with Gasteiger partial charge in [-0.1, -0.05) is 0 Å². The first-order chi connectivity index (χ1) is 9.13. The summed E-state index contributed by atoms with van der Waals surface area (Å²) in [5.41, 5.74) is 0.578. The van der Waals surface area contributed by atoms with Crippen molar-refractivity contribution in [2.24, 2.45) is 13.0 Å². The molecule has 6 heteroatoms. The SMILES string of the molecule is CCOC(=O)C1CCN(C(=O)c2ccnn2C)CC1. The van der Waals surface area contributed by atoms with Gasteiger partial charge in [0.05, 0.1) is 12.5 Å². The van der Waals surface area contributed by atoms with Crippen LogP contribution in [-0.2, 0) is 16.6 Å². The summed E-state index contributed by atoms with van der Waals surface area (Å²) in [6.07, 6.45) is 2.95. The summed E-state index contributed by atoms with van der Waals surface area (Å²) in [4.78, 5) is 25.6. The highest BCUT2D eigenvalue weighted by atomic mass is 16.5. The number of hydrogen-bond acceptors (Lipinski definition) is 4. The Morgan fingerprint density at radius 3 is 2.63 bits per heavy atom. The molecular formula is C13H19N3O3. The Balaban J connectivity index is 1.92. The molecule has 0 atom stereocenters. The molecule has 0 saturated carbocycles. The fourth-order valence-electron chi connectivity index (χ4n) is 2.32. The maximum atomic E-state index is 12.2. The Morgan fingerprint density at radius 2 is 2.11 bits per heavy atom. The molecule has 1 saturated heterocycles. The molecule has 0 aromatic carbocycles. The van der Waals surface area contributed by atoms with Gasteiger partial charge in [0.2, 0.25) is 0 Å². The minimum Gasteiger partial charge on any atom is -0.466 e. The van der Waals surface area contributed by atoms with Crippen LogP contribution in [0.25, 0.3) is 0 Å². The van der Waals surface area contributed by atoms with E-state index in [1.165, 1.54) is 0 Å². The molecule has 1 aromatic rings. The summed E-state index contributed by atoms with van der Waals surface area (Å²) in [7, 11) is 1.75. The highest BCUT2D eigenvalue weighted by Gasteiger charge is 2.29. The molecule has 1 aliphatic rings. The zero-order valence-electron chi connectivity index (χ0n) is 11.3. The number of hydrogen-bond donors (Lipinski definition) is 0. The molecule has 0 spiro atoms. The van der Waals surface area contributed by atoms with E-state index in [2.05, 4.69) is 5.10 Å². The van der Waals surface area contributed by atoms with Crippen LogP contribution in [0.5, 0.6) is 0 Å². The van der Waals surface area contributed by atoms with Crippen LogP contribution in [-0.4, -0.2) is 46.3 Å². The van der Waals surface area contributed by atoms with Gasteiger partial charge in [-0.15, -0.1) is 0 Å². The Hall–Kier alpha value is -1.85. The maximum Gasteiger partial charge on any atom is 0.309 e. The molecule has 6 nitrogen and oxygen atoms in total. The van der Waals surface area contributed by atoms with Crippen LogP contribution in [0.2, 0.25) is 0 Å². The molecule has 2 rings (SSSR count). The number of ether oxygens (including phenoxy) is 1. The molecule has 0 bridgehead atoms. The minimum atomic E-state index is -0.143. The average molecular weight is 265 g/mol. The Bertz CT molecular complexity index is 461. The summed E-state index contributed by atoms with van der Waals surface area (Å²) >= 11 is 0. The van der Waals surface area contributed by atoms with Gasteiger partial charge in [0.15, 0.2) is 0 Å². The van der Waals surface area contributed by atoms with E-state index in [-0.39, 0.29) is 17.8 Å². The number of carbonyl (C=O) groups excluding carboxylic acids is 2. The number of likely N-dealkylation sites (tertiary alicyclic amines) is 1. The third kappa shape index (κ3) is 2.94. The number of piperidine rings is 1. The second-order valence-electron chi connectivity index (χ2n) is 4.66. The van der Waals surface area contributed by atoms with Crippen molar-refractivity contribution in [3.63, 3.8) is 0 Å². The number of nitrogens with zero attached hydrogens (tertiary/aromatic N) is 3. The van der Waals surface area contributed by atoms with Crippen LogP contribution >= 0.6 is 0 Å². The van der Waals surface area contributed by atoms with Gasteiger partial charge in [0.1, 0.15) is 5.69 Å². The molecule has 104 valence electrons. The van der Waals surface area contributed by atoms with Gasteiger partial charge in [-0.05, 0) is 25.8 Å². The molecule has 1 aromatic heterocycles. The van der Waals surface area contributed by atoms with Crippen LogP contribution < -0.4 is 0 Å². The Kier molecular flexibility index (Phi) is 4.19. The molecule has 0 radical (unpaired) electrons. The number of rotatable bonds is 3. The first-order valence-electron chi connectivity index (χ1n) is 6.57. The van der Waals surface area contributed by atoms with Crippen LogP contribution in [0.4, 0.5) is 0 Å². The summed E-state index contributed by atoms with van der Waals surface area (Å²) < 4.78 is 6.58. The van der Waals surface area contributed by atoms with Crippen molar-refractivity contribution >= 4 is 11.9 Å². The van der Waals surface area contributed by atoms with E-state index in [1.807, 2.05) is 0 Å². The number of carbonyl (C=O) groups is 2. The summed E-state index contributed by atoms with van der Waals surface area (Å²) in [5.74, 6) is -0.243. The van der Waals surface area contributed by atoms with Gasteiger partial charge in [-0.2, -0.15) is 5.10 Å². The Morgan fingerprint density at radius 1 is 1.42 bits per heavy atom. The first kappa shape index (κ1) is 13.6. The van der Waals surface area contributed by atoms with E-state index in [1.54, 1.807) is 35.8 Å². The van der Waals surface area contributed by atoms with Gasteiger partial charge in [-0.3, -0.25) is 14.3 Å². The molecule has 1 fully saturated rings. The van der Waals surface area contributed by atoms with Crippen molar-refractivity contribution in [1.29, 1.82) is 0 Å². The van der Waals surface area contributed by atoms with Crippen molar-refractivity contribution in [3.8, 4) is 0 Å². The fraction of sp³-hybridized carbons (Fsp3) is 0.615. The topological polar surface area (TPSA) is 64.4 Å². The van der Waals surface area contributed by atoms with E-state index in [9.17, 15) is 9.59 Å². The van der Waals surface area contributed by atoms with Crippen LogP contribution in [0.3, 0.4) is 0 Å². The lowest BCUT2D eigenvalue weighted by Gasteiger charge is -2.30. The smallest absolute Gasteiger partial charge is 0.309 e. The van der Waals surface area contributed by atoms with Crippen molar-refractivity contribution < 1.29 is 14.3 Å². The van der Waals surface area contributed by atoms with E-state index in [4.69, 9.17) is 4.74 Å². The third-order valence-corrected chi connectivity index (χ3v) is 3.44. The van der Waals surface area contributed by atoms with E-state index in [0.717, 1.165) is 0 Å². The zero-order valence-corrected chi connectivity index (χ0v) is 11.3. The second-order valence-corrected chi connectivity index (χ2v) is 4.66. The van der Waals surface area contributed by atoms with Crippen molar-refractivity contribution in [2.45, 2.75) is 19.8 Å². The lowest BCUT2D eigenvalue weighted by Crippen LogP contribution is -2.41. The monoisotopic (exact) mass is 265 g/mol. The normalized spacial score (nSPS) is 16.4. The molecule has 0 aliphatic carbocycles. The third-order valence-electron chi connectivity index (χ3n) is 3.44. The molecule has 1 aliphatic heterocycles. The van der Waals surface area contributed by atoms with Gasteiger partial charge in [0, 0.05) is 26.3 Å². The fourth-order valence-corrected chi connectivity index (χ4v) is 2.32. The number of aryl methyl sites for hydroxylation is 1. The predicted octanol–water partition coefficient (Wildman–Crippen LogP) is 0.835. The average Bonchev–Trinajstić information content (AvgIpc) is 2.84. The standard InChI is InChI=1S/C13H19N3O3/c1-3-19-13(18)10-5-8-16(9-6-10)12(17)11-4-7-14-15(11)2/h4,7,10H,3,5-6,8-9H2,1-2H3. The molecule has 1 amide bonds. The van der Waals surface area contributed by atoms with Crippen LogP contribution in [0.15, 0.2) is 12.3 Å². The van der Waals surface area contributed by atoms with E-state index >= 15 is 0 Å². The number of aromatic nitrogens is 2. The van der Waals surface area contributed by atoms with Gasteiger partial charge in [0.25, 0.3) is 5.91 Å². The van der Waals surface area contributed by atoms with Gasteiger partial charge < -0.3 is 9.64 Å². The van der Waals surface area contributed by atoms with Crippen molar-refractivity contribution in [1.82, 2.24) is 14.7 Å². The molecular weight excluding hydrogens is 246 g/mol. The van der Waals surface area contributed by atoms with Crippen LogP contribution in [0, 0.1) is 5.92 Å². The predicted molar refractivity (Wildman–Crippen MR) is 68.5 cm³/mol. The number of esters is 1. The van der Waals surface area contributed by atoms with Gasteiger partial charge >= 0.3 is 5.97 Å². The molecule has 19 heavy (non-hydrogen) atoms.